The van der Waals surface area contributed by atoms with Gasteiger partial charge in [0.05, 0.1) is 5.69 Å². The number of benzene rings is 6. The van der Waals surface area contributed by atoms with Gasteiger partial charge in [-0.05, 0) is 62.1 Å². The Labute approximate surface area is 285 Å². The number of nitrogens with zero attached hydrogens (tertiary/aromatic N) is 1. The molecule has 0 fully saturated rings. The van der Waals surface area contributed by atoms with E-state index in [9.17, 15) is 0 Å². The van der Waals surface area contributed by atoms with Gasteiger partial charge in [-0.2, -0.15) is 0 Å². The summed E-state index contributed by atoms with van der Waals surface area (Å²) in [6, 6.07) is 53.6. The van der Waals surface area contributed by atoms with Gasteiger partial charge in [-0.3, -0.25) is 4.98 Å². The standard InChI is InChI=1S/C45H37B2N/c1-30-12-10-13-31(2)44(30)46-39-18-8-9-19-40(39)47(45-32(3)14-11-15-33(45)4)42-28-37(24-25-41(42)46)34-20-22-35(23-21-34)38-26-27-48-43(29-38)36-16-6-5-7-17-36/h5-29H,1-4H3. The molecule has 8 rings (SSSR count). The van der Waals surface area contributed by atoms with E-state index in [0.717, 1.165) is 11.3 Å². The van der Waals surface area contributed by atoms with Gasteiger partial charge in [0.15, 0.2) is 0 Å². The first-order chi connectivity index (χ1) is 23.5. The molecule has 0 N–H and O–H groups in total. The summed E-state index contributed by atoms with van der Waals surface area (Å²) in [5, 5.41) is 0. The van der Waals surface area contributed by atoms with Crippen molar-refractivity contribution >= 4 is 46.2 Å². The average Bonchev–Trinajstić information content (AvgIpc) is 3.12. The fraction of sp³-hybridized carbons (Fsp3) is 0.0889. The Morgan fingerprint density at radius 2 is 0.812 bits per heavy atom. The summed E-state index contributed by atoms with van der Waals surface area (Å²) >= 11 is 0. The minimum absolute atomic E-state index is 0.158. The molecule has 1 aliphatic heterocycles. The summed E-state index contributed by atoms with van der Waals surface area (Å²) in [5.74, 6) is 0. The van der Waals surface area contributed by atoms with Crippen LogP contribution >= 0.6 is 0 Å². The highest BCUT2D eigenvalue weighted by molar-refractivity contribution is 7.11. The second-order valence-corrected chi connectivity index (χ2v) is 13.3. The highest BCUT2D eigenvalue weighted by Crippen LogP contribution is 2.27. The SMILES string of the molecule is Cc1cccc(C)c1B1c2ccccc2B(c2c(C)cccc2C)c2cc(-c3ccc(-c4ccnc(-c5ccccc5)c4)cc3)ccc21. The Morgan fingerprint density at radius 1 is 0.354 bits per heavy atom. The predicted molar refractivity (Wildman–Crippen MR) is 208 cm³/mol. The first kappa shape index (κ1) is 30.0. The molecule has 48 heavy (non-hydrogen) atoms. The third-order valence-corrected chi connectivity index (χ3v) is 10.4. The minimum Gasteiger partial charge on any atom is -0.256 e. The summed E-state index contributed by atoms with van der Waals surface area (Å²) < 4.78 is 0. The maximum absolute atomic E-state index is 4.64. The van der Waals surface area contributed by atoms with Crippen LogP contribution in [0.5, 0.6) is 0 Å². The van der Waals surface area contributed by atoms with Crippen molar-refractivity contribution < 1.29 is 0 Å². The molecule has 1 aliphatic rings. The van der Waals surface area contributed by atoms with Gasteiger partial charge < -0.3 is 0 Å². The van der Waals surface area contributed by atoms with Crippen LogP contribution in [0.4, 0.5) is 0 Å². The van der Waals surface area contributed by atoms with Crippen LogP contribution < -0.4 is 32.8 Å². The van der Waals surface area contributed by atoms with E-state index in [1.54, 1.807) is 0 Å². The van der Waals surface area contributed by atoms with E-state index in [0.29, 0.717) is 0 Å². The number of hydrogen-bond donors (Lipinski definition) is 0. The lowest BCUT2D eigenvalue weighted by Gasteiger charge is -2.34. The zero-order valence-electron chi connectivity index (χ0n) is 28.0. The van der Waals surface area contributed by atoms with E-state index in [-0.39, 0.29) is 13.4 Å². The number of aromatic nitrogens is 1. The van der Waals surface area contributed by atoms with Crippen molar-refractivity contribution in [2.24, 2.45) is 0 Å². The van der Waals surface area contributed by atoms with E-state index in [4.69, 9.17) is 0 Å². The molecule has 7 aromatic rings. The maximum atomic E-state index is 4.64. The number of aryl methyl sites for hydroxylation is 4. The highest BCUT2D eigenvalue weighted by atomic mass is 14.7. The van der Waals surface area contributed by atoms with Crippen LogP contribution in [0.3, 0.4) is 0 Å². The fourth-order valence-electron chi connectivity index (χ4n) is 8.06. The number of rotatable bonds is 5. The summed E-state index contributed by atoms with van der Waals surface area (Å²) in [4.78, 5) is 4.64. The summed E-state index contributed by atoms with van der Waals surface area (Å²) in [7, 11) is 0. The first-order valence-electron chi connectivity index (χ1n) is 16.9. The Kier molecular flexibility index (Phi) is 7.69. The molecule has 1 aromatic heterocycles. The number of fused-ring (bicyclic) bond motifs is 2. The van der Waals surface area contributed by atoms with E-state index in [1.807, 2.05) is 12.3 Å². The van der Waals surface area contributed by atoms with Gasteiger partial charge in [-0.15, -0.1) is 0 Å². The van der Waals surface area contributed by atoms with Crippen molar-refractivity contribution in [3.05, 3.63) is 174 Å². The van der Waals surface area contributed by atoms with E-state index >= 15 is 0 Å². The molecule has 0 saturated heterocycles. The fourth-order valence-corrected chi connectivity index (χ4v) is 8.06. The zero-order valence-corrected chi connectivity index (χ0v) is 28.0. The van der Waals surface area contributed by atoms with Gasteiger partial charge in [-0.1, -0.05) is 188 Å². The normalized spacial score (nSPS) is 12.1. The second-order valence-electron chi connectivity index (χ2n) is 13.3. The molecule has 3 heteroatoms. The molecular weight excluding hydrogens is 576 g/mol. The van der Waals surface area contributed by atoms with Crippen molar-refractivity contribution in [2.45, 2.75) is 27.7 Å². The van der Waals surface area contributed by atoms with E-state index < -0.39 is 0 Å². The van der Waals surface area contributed by atoms with Gasteiger partial charge in [0.2, 0.25) is 13.4 Å². The lowest BCUT2D eigenvalue weighted by atomic mass is 9.20. The van der Waals surface area contributed by atoms with Crippen LogP contribution in [-0.2, 0) is 0 Å². The van der Waals surface area contributed by atoms with Crippen molar-refractivity contribution in [1.29, 1.82) is 0 Å². The molecular formula is C45H37B2N. The zero-order chi connectivity index (χ0) is 32.8. The molecule has 6 aromatic carbocycles. The lowest BCUT2D eigenvalue weighted by Crippen LogP contribution is -2.75. The average molecular weight is 613 g/mol. The van der Waals surface area contributed by atoms with Crippen LogP contribution in [0.15, 0.2) is 152 Å². The Balaban J connectivity index is 1.27. The third-order valence-electron chi connectivity index (χ3n) is 10.4. The Hall–Kier alpha value is -5.40. The van der Waals surface area contributed by atoms with Crippen molar-refractivity contribution in [2.75, 3.05) is 0 Å². The molecule has 1 nitrogen and oxygen atoms in total. The summed E-state index contributed by atoms with van der Waals surface area (Å²) in [6.07, 6.45) is 1.91. The molecule has 0 aliphatic carbocycles. The molecule has 228 valence electrons. The van der Waals surface area contributed by atoms with Crippen LogP contribution in [0.2, 0.25) is 0 Å². The van der Waals surface area contributed by atoms with Crippen LogP contribution in [0.1, 0.15) is 22.3 Å². The van der Waals surface area contributed by atoms with Crippen LogP contribution in [0, 0.1) is 27.7 Å². The van der Waals surface area contributed by atoms with E-state index in [2.05, 4.69) is 172 Å². The smallest absolute Gasteiger partial charge is 0.240 e. The van der Waals surface area contributed by atoms with Gasteiger partial charge in [0.25, 0.3) is 0 Å². The molecule has 0 bridgehead atoms. The van der Waals surface area contributed by atoms with Crippen molar-refractivity contribution in [1.82, 2.24) is 4.98 Å². The van der Waals surface area contributed by atoms with Crippen molar-refractivity contribution in [3.8, 4) is 33.5 Å². The molecule has 0 amide bonds. The summed E-state index contributed by atoms with van der Waals surface area (Å²) in [5.41, 5.74) is 20.8. The molecule has 0 radical (unpaired) electrons. The maximum Gasteiger partial charge on any atom is 0.240 e. The number of hydrogen-bond acceptors (Lipinski definition) is 1. The second kappa shape index (κ2) is 12.3. The topological polar surface area (TPSA) is 12.9 Å². The first-order valence-corrected chi connectivity index (χ1v) is 16.9. The van der Waals surface area contributed by atoms with Crippen LogP contribution in [-0.4, -0.2) is 18.4 Å². The molecule has 0 unspecified atom stereocenters. The molecule has 0 saturated carbocycles. The van der Waals surface area contributed by atoms with E-state index in [1.165, 1.54) is 77.3 Å². The van der Waals surface area contributed by atoms with Crippen LogP contribution in [0.25, 0.3) is 33.5 Å². The van der Waals surface area contributed by atoms with Gasteiger partial charge >= 0.3 is 0 Å². The quantitative estimate of drug-likeness (QED) is 0.198. The highest BCUT2D eigenvalue weighted by Gasteiger charge is 2.40. The molecule has 2 heterocycles. The predicted octanol–water partition coefficient (Wildman–Crippen LogP) is 6.66. The Bertz CT molecular complexity index is 2250. The van der Waals surface area contributed by atoms with Gasteiger partial charge in [-0.25, -0.2) is 0 Å². The van der Waals surface area contributed by atoms with Gasteiger partial charge in [0.1, 0.15) is 0 Å². The van der Waals surface area contributed by atoms with Gasteiger partial charge in [0, 0.05) is 11.8 Å². The number of pyridine rings is 1. The molecule has 0 spiro atoms. The Morgan fingerprint density at radius 3 is 1.38 bits per heavy atom. The third kappa shape index (κ3) is 5.20. The largest absolute Gasteiger partial charge is 0.256 e. The lowest BCUT2D eigenvalue weighted by molar-refractivity contribution is 1.33. The minimum atomic E-state index is 0.158. The summed E-state index contributed by atoms with van der Waals surface area (Å²) in [6.45, 7) is 9.42. The monoisotopic (exact) mass is 613 g/mol. The molecule has 0 atom stereocenters. The van der Waals surface area contributed by atoms with Crippen molar-refractivity contribution in [3.63, 3.8) is 0 Å².